The third-order valence-corrected chi connectivity index (χ3v) is 4.15. The monoisotopic (exact) mass is 342 g/mol. The van der Waals surface area contributed by atoms with Crippen molar-refractivity contribution in [1.82, 2.24) is 15.0 Å². The van der Waals surface area contributed by atoms with E-state index in [1.807, 2.05) is 24.0 Å². The van der Waals surface area contributed by atoms with Gasteiger partial charge in [0.25, 0.3) is 0 Å². The maximum absolute atomic E-state index is 12.0. The van der Waals surface area contributed by atoms with Crippen molar-refractivity contribution in [1.29, 1.82) is 0 Å². The van der Waals surface area contributed by atoms with E-state index < -0.39 is 0 Å². The van der Waals surface area contributed by atoms with E-state index in [1.54, 1.807) is 12.4 Å². The van der Waals surface area contributed by atoms with Crippen molar-refractivity contribution in [3.63, 3.8) is 0 Å². The molecule has 8 nitrogen and oxygen atoms in total. The van der Waals surface area contributed by atoms with Crippen LogP contribution in [0.25, 0.3) is 0 Å². The number of nitrogens with one attached hydrogen (secondary N) is 1. The normalized spacial score (nSPS) is 17.2. The lowest BCUT2D eigenvalue weighted by Gasteiger charge is -2.33. The summed E-state index contributed by atoms with van der Waals surface area (Å²) in [4.78, 5) is 26.6. The average Bonchev–Trinajstić information content (AvgIpc) is 2.65. The molecule has 0 saturated carbocycles. The molecule has 1 atom stereocenters. The third kappa shape index (κ3) is 3.96. The number of nitrogen functional groups attached to an aromatic ring is 1. The summed E-state index contributed by atoms with van der Waals surface area (Å²) in [6, 6.07) is 3.66. The van der Waals surface area contributed by atoms with Gasteiger partial charge in [-0.2, -0.15) is 0 Å². The van der Waals surface area contributed by atoms with Crippen LogP contribution in [0.1, 0.15) is 19.8 Å². The Kier molecular flexibility index (Phi) is 5.27. The Bertz CT molecular complexity index is 724. The van der Waals surface area contributed by atoms with Gasteiger partial charge >= 0.3 is 5.97 Å². The summed E-state index contributed by atoms with van der Waals surface area (Å²) < 4.78 is 5.15. The highest BCUT2D eigenvalue weighted by Crippen LogP contribution is 2.31. The van der Waals surface area contributed by atoms with E-state index >= 15 is 0 Å². The Hall–Kier alpha value is -2.90. The number of piperidine rings is 1. The van der Waals surface area contributed by atoms with Crippen molar-refractivity contribution in [2.75, 3.05) is 35.6 Å². The summed E-state index contributed by atoms with van der Waals surface area (Å²) in [5, 5.41) is 3.17. The number of nitrogens with zero attached hydrogens (tertiary/aromatic N) is 4. The molecule has 1 saturated heterocycles. The van der Waals surface area contributed by atoms with Crippen LogP contribution in [0.5, 0.6) is 0 Å². The number of pyridine rings is 1. The number of esters is 1. The van der Waals surface area contributed by atoms with Gasteiger partial charge in [0.1, 0.15) is 12.0 Å². The van der Waals surface area contributed by atoms with Crippen molar-refractivity contribution >= 4 is 29.0 Å². The van der Waals surface area contributed by atoms with Gasteiger partial charge in [-0.25, -0.2) is 9.97 Å². The van der Waals surface area contributed by atoms with Gasteiger partial charge in [-0.15, -0.1) is 0 Å². The van der Waals surface area contributed by atoms with E-state index in [2.05, 4.69) is 20.3 Å². The molecule has 8 heteroatoms. The summed E-state index contributed by atoms with van der Waals surface area (Å²) in [5.41, 5.74) is 7.59. The zero-order valence-electron chi connectivity index (χ0n) is 14.2. The first-order valence-electron chi connectivity index (χ1n) is 8.38. The summed E-state index contributed by atoms with van der Waals surface area (Å²) >= 11 is 0. The molecule has 0 spiro atoms. The molecule has 1 fully saturated rings. The van der Waals surface area contributed by atoms with Gasteiger partial charge < -0.3 is 20.7 Å². The number of hydrogen-bond acceptors (Lipinski definition) is 8. The SMILES string of the molecule is CCOC(=O)C1CCCN(c2ncnc(Nc3ccncc3)c2N)C1. The molecule has 0 aromatic carbocycles. The maximum atomic E-state index is 12.0. The van der Waals surface area contributed by atoms with Crippen LogP contribution in [0.2, 0.25) is 0 Å². The molecule has 2 aromatic rings. The minimum atomic E-state index is -0.157. The fraction of sp³-hybridized carbons (Fsp3) is 0.412. The Morgan fingerprint density at radius 2 is 2.20 bits per heavy atom. The Balaban J connectivity index is 1.78. The summed E-state index contributed by atoms with van der Waals surface area (Å²) in [7, 11) is 0. The molecule has 0 amide bonds. The fourth-order valence-electron chi connectivity index (χ4n) is 2.93. The van der Waals surface area contributed by atoms with Crippen LogP contribution >= 0.6 is 0 Å². The minimum absolute atomic E-state index is 0.153. The highest BCUT2D eigenvalue weighted by molar-refractivity contribution is 5.79. The third-order valence-electron chi connectivity index (χ3n) is 4.15. The average molecular weight is 342 g/mol. The van der Waals surface area contributed by atoms with Crippen molar-refractivity contribution in [2.45, 2.75) is 19.8 Å². The number of carbonyl (C=O) groups is 1. The molecule has 3 rings (SSSR count). The topological polar surface area (TPSA) is 106 Å². The minimum Gasteiger partial charge on any atom is -0.466 e. The van der Waals surface area contributed by atoms with Crippen LogP contribution in [0.3, 0.4) is 0 Å². The van der Waals surface area contributed by atoms with Crippen molar-refractivity contribution in [3.05, 3.63) is 30.9 Å². The number of carbonyl (C=O) groups excluding carboxylic acids is 1. The summed E-state index contributed by atoms with van der Waals surface area (Å²) in [6.07, 6.45) is 6.57. The van der Waals surface area contributed by atoms with E-state index in [0.717, 1.165) is 25.1 Å². The molecule has 0 aliphatic carbocycles. The fourth-order valence-corrected chi connectivity index (χ4v) is 2.93. The van der Waals surface area contributed by atoms with E-state index in [0.29, 0.717) is 30.5 Å². The molecule has 1 unspecified atom stereocenters. The van der Waals surface area contributed by atoms with E-state index in [1.165, 1.54) is 6.33 Å². The largest absolute Gasteiger partial charge is 0.466 e. The molecular weight excluding hydrogens is 320 g/mol. The van der Waals surface area contributed by atoms with Gasteiger partial charge in [-0.1, -0.05) is 0 Å². The molecule has 1 aliphatic rings. The van der Waals surface area contributed by atoms with Crippen LogP contribution in [-0.2, 0) is 9.53 Å². The number of nitrogens with two attached hydrogens (primary N) is 1. The first kappa shape index (κ1) is 16.9. The molecule has 0 radical (unpaired) electrons. The number of hydrogen-bond donors (Lipinski definition) is 2. The second kappa shape index (κ2) is 7.78. The lowest BCUT2D eigenvalue weighted by Crippen LogP contribution is -2.40. The highest BCUT2D eigenvalue weighted by atomic mass is 16.5. The number of anilines is 4. The van der Waals surface area contributed by atoms with Crippen LogP contribution in [0.15, 0.2) is 30.9 Å². The van der Waals surface area contributed by atoms with Gasteiger partial charge in [0.2, 0.25) is 0 Å². The van der Waals surface area contributed by atoms with Crippen LogP contribution in [0.4, 0.5) is 23.0 Å². The van der Waals surface area contributed by atoms with Crippen molar-refractivity contribution in [2.24, 2.45) is 5.92 Å². The smallest absolute Gasteiger partial charge is 0.310 e. The first-order chi connectivity index (χ1) is 12.2. The zero-order valence-corrected chi connectivity index (χ0v) is 14.2. The predicted molar refractivity (Wildman–Crippen MR) is 95.5 cm³/mol. The Morgan fingerprint density at radius 3 is 2.96 bits per heavy atom. The van der Waals surface area contributed by atoms with Crippen molar-refractivity contribution < 1.29 is 9.53 Å². The molecule has 25 heavy (non-hydrogen) atoms. The second-order valence-corrected chi connectivity index (χ2v) is 5.86. The number of aromatic nitrogens is 3. The van der Waals surface area contributed by atoms with Gasteiger partial charge in [0.05, 0.1) is 12.5 Å². The molecule has 1 aliphatic heterocycles. The second-order valence-electron chi connectivity index (χ2n) is 5.86. The molecule has 2 aromatic heterocycles. The van der Waals surface area contributed by atoms with E-state index in [-0.39, 0.29) is 11.9 Å². The van der Waals surface area contributed by atoms with Crippen LogP contribution < -0.4 is 16.0 Å². The molecular formula is C17H22N6O2. The predicted octanol–water partition coefficient (Wildman–Crippen LogP) is 1.98. The molecule has 0 bridgehead atoms. The van der Waals surface area contributed by atoms with Gasteiger partial charge in [0, 0.05) is 31.2 Å². The Morgan fingerprint density at radius 1 is 1.40 bits per heavy atom. The van der Waals surface area contributed by atoms with Crippen LogP contribution in [0, 0.1) is 5.92 Å². The number of rotatable bonds is 5. The summed E-state index contributed by atoms with van der Waals surface area (Å²) in [6.45, 7) is 3.56. The Labute approximate surface area is 146 Å². The molecule has 3 heterocycles. The highest BCUT2D eigenvalue weighted by Gasteiger charge is 2.29. The van der Waals surface area contributed by atoms with Gasteiger partial charge in [-0.05, 0) is 31.9 Å². The molecule has 3 N–H and O–H groups in total. The van der Waals surface area contributed by atoms with E-state index in [4.69, 9.17) is 10.5 Å². The lowest BCUT2D eigenvalue weighted by atomic mass is 9.98. The van der Waals surface area contributed by atoms with Gasteiger partial charge in [-0.3, -0.25) is 9.78 Å². The number of ether oxygens (including phenoxy) is 1. The van der Waals surface area contributed by atoms with E-state index in [9.17, 15) is 4.79 Å². The van der Waals surface area contributed by atoms with Gasteiger partial charge in [0.15, 0.2) is 11.6 Å². The lowest BCUT2D eigenvalue weighted by molar-refractivity contribution is -0.148. The van der Waals surface area contributed by atoms with Crippen molar-refractivity contribution in [3.8, 4) is 0 Å². The quantitative estimate of drug-likeness (QED) is 0.795. The zero-order chi connectivity index (χ0) is 17.6. The first-order valence-corrected chi connectivity index (χ1v) is 8.38. The van der Waals surface area contributed by atoms with Crippen LogP contribution in [-0.4, -0.2) is 40.6 Å². The molecule has 132 valence electrons. The summed E-state index contributed by atoms with van der Waals surface area (Å²) in [5.74, 6) is 0.865. The maximum Gasteiger partial charge on any atom is 0.310 e. The standard InChI is InChI=1S/C17H22N6O2/c1-2-25-17(24)12-4-3-9-23(10-12)16-14(18)15(20-11-21-16)22-13-5-7-19-8-6-13/h5-8,11-12H,2-4,9-10,18H2,1H3,(H,19,20,21,22).